The predicted octanol–water partition coefficient (Wildman–Crippen LogP) is 1.09. The van der Waals surface area contributed by atoms with Gasteiger partial charge in [0.1, 0.15) is 0 Å². The molecule has 0 spiro atoms. The minimum absolute atomic E-state index is 0.00529. The standard InChI is InChI=1S/C14H20N2O2/c15-13-4-2-1-3-11(13)8-14(18)16-9-10-5-6-12(17)7-10/h1-4,10,12,17H,5-9,15H2,(H,16,18). The number of carbonyl (C=O) groups is 1. The third kappa shape index (κ3) is 3.47. The highest BCUT2D eigenvalue weighted by Gasteiger charge is 2.22. The first-order chi connectivity index (χ1) is 8.65. The van der Waals surface area contributed by atoms with Gasteiger partial charge in [0.05, 0.1) is 12.5 Å². The van der Waals surface area contributed by atoms with Gasteiger partial charge in [-0.1, -0.05) is 18.2 Å². The summed E-state index contributed by atoms with van der Waals surface area (Å²) in [6.07, 6.45) is 2.79. The second-order valence-electron chi connectivity index (χ2n) is 5.01. The number of rotatable bonds is 4. The van der Waals surface area contributed by atoms with E-state index < -0.39 is 0 Å². The molecule has 1 aromatic carbocycles. The molecule has 1 saturated carbocycles. The highest BCUT2D eigenvalue weighted by atomic mass is 16.3. The lowest BCUT2D eigenvalue weighted by Crippen LogP contribution is -2.30. The number of nitrogen functional groups attached to an aromatic ring is 1. The molecule has 1 aromatic rings. The maximum atomic E-state index is 11.8. The summed E-state index contributed by atoms with van der Waals surface area (Å²) in [7, 11) is 0. The Bertz CT molecular complexity index is 420. The first kappa shape index (κ1) is 12.9. The summed E-state index contributed by atoms with van der Waals surface area (Å²) < 4.78 is 0. The molecule has 0 heterocycles. The molecule has 1 aliphatic carbocycles. The van der Waals surface area contributed by atoms with Gasteiger partial charge >= 0.3 is 0 Å². The van der Waals surface area contributed by atoms with E-state index in [0.29, 0.717) is 24.6 Å². The van der Waals surface area contributed by atoms with Crippen LogP contribution in [-0.2, 0) is 11.2 Å². The fourth-order valence-electron chi connectivity index (χ4n) is 2.42. The number of hydrogen-bond acceptors (Lipinski definition) is 3. The zero-order valence-electron chi connectivity index (χ0n) is 10.4. The topological polar surface area (TPSA) is 75.4 Å². The third-order valence-electron chi connectivity index (χ3n) is 3.51. The molecular weight excluding hydrogens is 228 g/mol. The molecular formula is C14H20N2O2. The summed E-state index contributed by atoms with van der Waals surface area (Å²) in [6.45, 7) is 0.655. The summed E-state index contributed by atoms with van der Waals surface area (Å²) in [5.41, 5.74) is 7.31. The van der Waals surface area contributed by atoms with Crippen LogP contribution in [0.2, 0.25) is 0 Å². The largest absolute Gasteiger partial charge is 0.398 e. The highest BCUT2D eigenvalue weighted by Crippen LogP contribution is 2.24. The average molecular weight is 248 g/mol. The summed E-state index contributed by atoms with van der Waals surface area (Å²) in [4.78, 5) is 11.8. The van der Waals surface area contributed by atoms with Gasteiger partial charge in [-0.3, -0.25) is 4.79 Å². The first-order valence-electron chi connectivity index (χ1n) is 6.43. The Morgan fingerprint density at radius 2 is 2.17 bits per heavy atom. The number of nitrogens with one attached hydrogen (secondary N) is 1. The van der Waals surface area contributed by atoms with Gasteiger partial charge in [-0.15, -0.1) is 0 Å². The zero-order valence-corrected chi connectivity index (χ0v) is 10.4. The Labute approximate surface area is 107 Å². The van der Waals surface area contributed by atoms with Crippen LogP contribution in [0.3, 0.4) is 0 Å². The molecule has 98 valence electrons. The molecule has 0 aliphatic heterocycles. The number of nitrogens with two attached hydrogens (primary N) is 1. The minimum atomic E-state index is -0.184. The number of aliphatic hydroxyl groups excluding tert-OH is 1. The Morgan fingerprint density at radius 3 is 2.83 bits per heavy atom. The van der Waals surface area contributed by atoms with E-state index in [1.165, 1.54) is 0 Å². The van der Waals surface area contributed by atoms with Crippen LogP contribution >= 0.6 is 0 Å². The lowest BCUT2D eigenvalue weighted by atomic mass is 10.1. The van der Waals surface area contributed by atoms with Crippen LogP contribution in [0.15, 0.2) is 24.3 Å². The Hall–Kier alpha value is -1.55. The summed E-state index contributed by atoms with van der Waals surface area (Å²) in [5, 5.41) is 12.3. The average Bonchev–Trinajstić information content (AvgIpc) is 2.76. The van der Waals surface area contributed by atoms with Crippen molar-refractivity contribution in [3.63, 3.8) is 0 Å². The van der Waals surface area contributed by atoms with Crippen molar-refractivity contribution in [2.75, 3.05) is 12.3 Å². The lowest BCUT2D eigenvalue weighted by Gasteiger charge is -2.11. The molecule has 1 fully saturated rings. The Morgan fingerprint density at radius 1 is 1.39 bits per heavy atom. The van der Waals surface area contributed by atoms with E-state index >= 15 is 0 Å². The summed E-state index contributed by atoms with van der Waals surface area (Å²) in [5.74, 6) is 0.409. The van der Waals surface area contributed by atoms with Gasteiger partial charge in [0.15, 0.2) is 0 Å². The quantitative estimate of drug-likeness (QED) is 0.698. The molecule has 4 heteroatoms. The van der Waals surface area contributed by atoms with E-state index in [1.54, 1.807) is 6.07 Å². The van der Waals surface area contributed by atoms with Gasteiger partial charge in [0, 0.05) is 12.2 Å². The maximum absolute atomic E-state index is 11.8. The second kappa shape index (κ2) is 5.87. The van der Waals surface area contributed by atoms with Crippen molar-refractivity contribution >= 4 is 11.6 Å². The monoisotopic (exact) mass is 248 g/mol. The van der Waals surface area contributed by atoms with Crippen molar-refractivity contribution in [2.45, 2.75) is 31.8 Å². The summed E-state index contributed by atoms with van der Waals surface area (Å²) in [6, 6.07) is 7.41. The molecule has 0 radical (unpaired) electrons. The van der Waals surface area contributed by atoms with Crippen LogP contribution in [0.1, 0.15) is 24.8 Å². The molecule has 4 N–H and O–H groups in total. The Balaban J connectivity index is 1.77. The van der Waals surface area contributed by atoms with Gasteiger partial charge in [-0.25, -0.2) is 0 Å². The molecule has 2 unspecified atom stereocenters. The van der Waals surface area contributed by atoms with Crippen molar-refractivity contribution in [2.24, 2.45) is 5.92 Å². The lowest BCUT2D eigenvalue weighted by molar-refractivity contribution is -0.120. The number of benzene rings is 1. The summed E-state index contributed by atoms with van der Waals surface area (Å²) >= 11 is 0. The molecule has 0 saturated heterocycles. The molecule has 4 nitrogen and oxygen atoms in total. The van der Waals surface area contributed by atoms with Crippen LogP contribution in [0.25, 0.3) is 0 Å². The van der Waals surface area contributed by atoms with Crippen molar-refractivity contribution in [1.29, 1.82) is 0 Å². The van der Waals surface area contributed by atoms with Crippen LogP contribution in [0, 0.1) is 5.92 Å². The molecule has 0 aromatic heterocycles. The van der Waals surface area contributed by atoms with E-state index in [-0.39, 0.29) is 12.0 Å². The van der Waals surface area contributed by atoms with Gasteiger partial charge < -0.3 is 16.2 Å². The first-order valence-corrected chi connectivity index (χ1v) is 6.43. The van der Waals surface area contributed by atoms with Gasteiger partial charge in [0.25, 0.3) is 0 Å². The van der Waals surface area contributed by atoms with Crippen molar-refractivity contribution in [3.05, 3.63) is 29.8 Å². The van der Waals surface area contributed by atoms with E-state index in [0.717, 1.165) is 24.8 Å². The fourth-order valence-corrected chi connectivity index (χ4v) is 2.42. The van der Waals surface area contributed by atoms with Crippen LogP contribution in [-0.4, -0.2) is 23.7 Å². The van der Waals surface area contributed by atoms with E-state index in [2.05, 4.69) is 5.32 Å². The normalized spacial score (nSPS) is 22.9. The van der Waals surface area contributed by atoms with Crippen LogP contribution in [0.4, 0.5) is 5.69 Å². The predicted molar refractivity (Wildman–Crippen MR) is 70.9 cm³/mol. The Kier molecular flexibility index (Phi) is 4.20. The molecule has 1 aliphatic rings. The van der Waals surface area contributed by atoms with Crippen molar-refractivity contribution < 1.29 is 9.90 Å². The maximum Gasteiger partial charge on any atom is 0.224 e. The van der Waals surface area contributed by atoms with E-state index in [1.807, 2.05) is 18.2 Å². The number of carbonyl (C=O) groups excluding carboxylic acids is 1. The molecule has 0 bridgehead atoms. The van der Waals surface area contributed by atoms with Gasteiger partial charge in [0.2, 0.25) is 5.91 Å². The SMILES string of the molecule is Nc1ccccc1CC(=O)NCC1CCC(O)C1. The molecule has 2 rings (SSSR count). The number of amides is 1. The van der Waals surface area contributed by atoms with E-state index in [9.17, 15) is 9.90 Å². The van der Waals surface area contributed by atoms with Crippen molar-refractivity contribution in [3.8, 4) is 0 Å². The number of anilines is 1. The zero-order chi connectivity index (χ0) is 13.0. The van der Waals surface area contributed by atoms with Crippen molar-refractivity contribution in [1.82, 2.24) is 5.32 Å². The minimum Gasteiger partial charge on any atom is -0.398 e. The smallest absolute Gasteiger partial charge is 0.224 e. The van der Waals surface area contributed by atoms with E-state index in [4.69, 9.17) is 5.73 Å². The molecule has 1 amide bonds. The molecule has 2 atom stereocenters. The van der Waals surface area contributed by atoms with Gasteiger partial charge in [-0.05, 0) is 36.8 Å². The molecule has 18 heavy (non-hydrogen) atoms. The number of aliphatic hydroxyl groups is 1. The van der Waals surface area contributed by atoms with Crippen LogP contribution in [0.5, 0.6) is 0 Å². The van der Waals surface area contributed by atoms with Crippen LogP contribution < -0.4 is 11.1 Å². The second-order valence-corrected chi connectivity index (χ2v) is 5.01. The highest BCUT2D eigenvalue weighted by molar-refractivity contribution is 5.80. The fraction of sp³-hybridized carbons (Fsp3) is 0.500. The van der Waals surface area contributed by atoms with Gasteiger partial charge in [-0.2, -0.15) is 0 Å². The number of hydrogen-bond donors (Lipinski definition) is 3. The number of para-hydroxylation sites is 1. The third-order valence-corrected chi connectivity index (χ3v) is 3.51.